The highest BCUT2D eigenvalue weighted by Crippen LogP contribution is 2.30. The number of carbonyl (C=O) groups is 2. The number of thioether (sulfide) groups is 1. The maximum atomic E-state index is 12.2. The summed E-state index contributed by atoms with van der Waals surface area (Å²) < 4.78 is 0. The fourth-order valence-corrected chi connectivity index (χ4v) is 2.75. The number of benzene rings is 1. The van der Waals surface area contributed by atoms with Gasteiger partial charge in [-0.3, -0.25) is 19.7 Å². The highest BCUT2D eigenvalue weighted by atomic mass is 32.2. The van der Waals surface area contributed by atoms with Gasteiger partial charge in [-0.25, -0.2) is 4.98 Å². The van der Waals surface area contributed by atoms with Crippen LogP contribution in [-0.2, 0) is 4.79 Å². The first-order chi connectivity index (χ1) is 11.4. The van der Waals surface area contributed by atoms with E-state index in [9.17, 15) is 19.7 Å². The Bertz CT molecular complexity index is 777. The number of ketones is 1. The number of hydrogen-bond acceptors (Lipinski definition) is 6. The van der Waals surface area contributed by atoms with Crippen molar-refractivity contribution in [3.8, 4) is 0 Å². The third-order valence-corrected chi connectivity index (χ3v) is 4.27. The Balaban J connectivity index is 2.05. The first-order valence-corrected chi connectivity index (χ1v) is 7.94. The maximum Gasteiger partial charge on any atom is 0.301 e. The smallest absolute Gasteiger partial charge is 0.301 e. The van der Waals surface area contributed by atoms with Gasteiger partial charge in [0.15, 0.2) is 10.8 Å². The first-order valence-electron chi connectivity index (χ1n) is 7.06. The molecule has 1 amide bonds. The highest BCUT2D eigenvalue weighted by Gasteiger charge is 2.21. The van der Waals surface area contributed by atoms with Crippen LogP contribution in [0.5, 0.6) is 0 Å². The molecule has 0 aliphatic rings. The van der Waals surface area contributed by atoms with Crippen molar-refractivity contribution in [2.24, 2.45) is 0 Å². The highest BCUT2D eigenvalue weighted by molar-refractivity contribution is 8.00. The van der Waals surface area contributed by atoms with Gasteiger partial charge < -0.3 is 5.32 Å². The van der Waals surface area contributed by atoms with Crippen LogP contribution in [0.4, 0.5) is 11.4 Å². The number of rotatable bonds is 6. The lowest BCUT2D eigenvalue weighted by Crippen LogP contribution is -2.22. The van der Waals surface area contributed by atoms with E-state index in [1.54, 1.807) is 31.2 Å². The number of aromatic nitrogens is 1. The summed E-state index contributed by atoms with van der Waals surface area (Å²) in [6, 6.07) is 9.34. The lowest BCUT2D eigenvalue weighted by molar-refractivity contribution is -0.388. The van der Waals surface area contributed by atoms with E-state index >= 15 is 0 Å². The first kappa shape index (κ1) is 17.6. The quantitative estimate of drug-likeness (QED) is 0.373. The van der Waals surface area contributed by atoms with Crippen LogP contribution >= 0.6 is 11.8 Å². The van der Waals surface area contributed by atoms with Gasteiger partial charge in [0, 0.05) is 23.5 Å². The van der Waals surface area contributed by atoms with Gasteiger partial charge in [0.1, 0.15) is 0 Å². The van der Waals surface area contributed by atoms with Gasteiger partial charge in [0.25, 0.3) is 0 Å². The molecule has 24 heavy (non-hydrogen) atoms. The minimum absolute atomic E-state index is 0.0562. The topological polar surface area (TPSA) is 102 Å². The molecule has 2 aromatic rings. The molecular formula is C16H15N3O4S. The summed E-state index contributed by atoms with van der Waals surface area (Å²) in [7, 11) is 0. The Hall–Kier alpha value is -2.74. The average Bonchev–Trinajstić information content (AvgIpc) is 2.55. The van der Waals surface area contributed by atoms with Gasteiger partial charge in [0.2, 0.25) is 5.91 Å². The Kier molecular flexibility index (Phi) is 5.64. The largest absolute Gasteiger partial charge is 0.325 e. The Labute approximate surface area is 142 Å². The van der Waals surface area contributed by atoms with Crippen molar-refractivity contribution in [1.29, 1.82) is 0 Å². The molecule has 0 saturated carbocycles. The van der Waals surface area contributed by atoms with E-state index in [1.807, 2.05) is 0 Å². The summed E-state index contributed by atoms with van der Waals surface area (Å²) in [6.45, 7) is 3.11. The summed E-state index contributed by atoms with van der Waals surface area (Å²) in [5, 5.41) is 13.3. The second-order valence-corrected chi connectivity index (χ2v) is 6.30. The van der Waals surface area contributed by atoms with Crippen molar-refractivity contribution in [2.45, 2.75) is 24.1 Å². The van der Waals surface area contributed by atoms with E-state index in [2.05, 4.69) is 10.3 Å². The van der Waals surface area contributed by atoms with Crippen LogP contribution < -0.4 is 5.32 Å². The molecule has 0 aliphatic heterocycles. The average molecular weight is 345 g/mol. The Morgan fingerprint density at radius 1 is 1.25 bits per heavy atom. The summed E-state index contributed by atoms with van der Waals surface area (Å²) in [5.41, 5.74) is 0.973. The van der Waals surface area contributed by atoms with Gasteiger partial charge in [-0.2, -0.15) is 0 Å². The summed E-state index contributed by atoms with van der Waals surface area (Å²) in [5.74, 6) is -0.366. The second kappa shape index (κ2) is 7.69. The summed E-state index contributed by atoms with van der Waals surface area (Å²) in [6.07, 6.45) is 1.44. The monoisotopic (exact) mass is 345 g/mol. The van der Waals surface area contributed by atoms with Crippen molar-refractivity contribution in [1.82, 2.24) is 4.98 Å². The number of carbonyl (C=O) groups excluding carboxylic acids is 2. The Morgan fingerprint density at radius 2 is 1.92 bits per heavy atom. The number of nitrogens with one attached hydrogen (secondary N) is 1. The number of nitro groups is 1. The molecule has 8 heteroatoms. The van der Waals surface area contributed by atoms with E-state index < -0.39 is 10.2 Å². The minimum Gasteiger partial charge on any atom is -0.325 e. The fourth-order valence-electron chi connectivity index (χ4n) is 1.87. The van der Waals surface area contributed by atoms with E-state index in [-0.39, 0.29) is 22.4 Å². The number of amides is 1. The number of hydrogen-bond donors (Lipinski definition) is 1. The van der Waals surface area contributed by atoms with E-state index in [0.29, 0.717) is 11.3 Å². The van der Waals surface area contributed by atoms with E-state index in [1.165, 1.54) is 25.3 Å². The second-order valence-electron chi connectivity index (χ2n) is 4.97. The van der Waals surface area contributed by atoms with Crippen LogP contribution in [0.2, 0.25) is 0 Å². The molecule has 1 aromatic carbocycles. The normalized spacial score (nSPS) is 11.6. The van der Waals surface area contributed by atoms with Crippen molar-refractivity contribution < 1.29 is 14.5 Å². The van der Waals surface area contributed by atoms with Crippen molar-refractivity contribution in [2.75, 3.05) is 5.32 Å². The molecule has 0 radical (unpaired) electrons. The van der Waals surface area contributed by atoms with Gasteiger partial charge in [0.05, 0.1) is 10.2 Å². The maximum absolute atomic E-state index is 12.2. The predicted octanol–water partition coefficient (Wildman–Crippen LogP) is 3.31. The van der Waals surface area contributed by atoms with Gasteiger partial charge in [-0.1, -0.05) is 11.8 Å². The molecule has 1 unspecified atom stereocenters. The van der Waals surface area contributed by atoms with Gasteiger partial charge in [-0.15, -0.1) is 0 Å². The van der Waals surface area contributed by atoms with Crippen LogP contribution in [0.3, 0.4) is 0 Å². The predicted molar refractivity (Wildman–Crippen MR) is 91.3 cm³/mol. The number of anilines is 1. The molecule has 1 N–H and O–H groups in total. The molecule has 1 aromatic heterocycles. The molecule has 0 saturated heterocycles. The number of nitrogens with zero attached hydrogens (tertiary/aromatic N) is 2. The summed E-state index contributed by atoms with van der Waals surface area (Å²) >= 11 is 1.01. The molecular weight excluding hydrogens is 330 g/mol. The van der Waals surface area contributed by atoms with Gasteiger partial charge >= 0.3 is 5.69 Å². The Morgan fingerprint density at radius 3 is 2.50 bits per heavy atom. The van der Waals surface area contributed by atoms with Crippen LogP contribution in [0.25, 0.3) is 0 Å². The number of pyridine rings is 1. The fraction of sp³-hybridized carbons (Fsp3) is 0.188. The molecule has 0 bridgehead atoms. The third-order valence-electron chi connectivity index (χ3n) is 3.16. The van der Waals surface area contributed by atoms with Crippen LogP contribution in [0, 0.1) is 10.1 Å². The molecule has 2 rings (SSSR count). The zero-order valence-corrected chi connectivity index (χ0v) is 13.9. The zero-order valence-electron chi connectivity index (χ0n) is 13.1. The SMILES string of the molecule is CC(=O)c1ccc(NC(=O)C(C)Sc2ncccc2[N+](=O)[O-])cc1. The third kappa shape index (κ3) is 4.39. The molecule has 124 valence electrons. The van der Waals surface area contributed by atoms with Crippen LogP contribution in [0.15, 0.2) is 47.6 Å². The molecule has 1 atom stereocenters. The molecule has 0 fully saturated rings. The lowest BCUT2D eigenvalue weighted by Gasteiger charge is -2.11. The minimum atomic E-state index is -0.578. The van der Waals surface area contributed by atoms with E-state index in [4.69, 9.17) is 0 Å². The van der Waals surface area contributed by atoms with Crippen molar-refractivity contribution >= 4 is 34.8 Å². The van der Waals surface area contributed by atoms with E-state index in [0.717, 1.165) is 11.8 Å². The molecule has 1 heterocycles. The van der Waals surface area contributed by atoms with Crippen molar-refractivity contribution in [3.63, 3.8) is 0 Å². The standard InChI is InChI=1S/C16H15N3O4S/c1-10(20)12-5-7-13(8-6-12)18-15(21)11(2)24-16-14(19(22)23)4-3-9-17-16/h3-9,11H,1-2H3,(H,18,21). The van der Waals surface area contributed by atoms with Crippen LogP contribution in [-0.4, -0.2) is 26.8 Å². The van der Waals surface area contributed by atoms with Gasteiger partial charge in [-0.05, 0) is 44.2 Å². The number of Topliss-reactive ketones (excluding diaryl/α,β-unsaturated/α-hetero) is 1. The van der Waals surface area contributed by atoms with Crippen molar-refractivity contribution in [3.05, 3.63) is 58.3 Å². The molecule has 0 spiro atoms. The zero-order chi connectivity index (χ0) is 17.7. The summed E-state index contributed by atoms with van der Waals surface area (Å²) in [4.78, 5) is 37.9. The van der Waals surface area contributed by atoms with Crippen LogP contribution in [0.1, 0.15) is 24.2 Å². The molecule has 7 nitrogen and oxygen atoms in total. The lowest BCUT2D eigenvalue weighted by atomic mass is 10.1. The molecule has 0 aliphatic carbocycles.